The van der Waals surface area contributed by atoms with Gasteiger partial charge in [0.1, 0.15) is 5.82 Å². The molecule has 1 aromatic rings. The van der Waals surface area contributed by atoms with Crippen molar-refractivity contribution in [2.75, 3.05) is 7.05 Å². The lowest BCUT2D eigenvalue weighted by Crippen LogP contribution is -2.14. The summed E-state index contributed by atoms with van der Waals surface area (Å²) >= 11 is 0. The van der Waals surface area contributed by atoms with Gasteiger partial charge in [0, 0.05) is 24.7 Å². The molecule has 1 aliphatic heterocycles. The Hall–Kier alpha value is -0.830. The van der Waals surface area contributed by atoms with E-state index in [1.165, 1.54) is 55.9 Å². The van der Waals surface area contributed by atoms with Gasteiger partial charge in [-0.15, -0.1) is 0 Å². The zero-order valence-electron chi connectivity index (χ0n) is 9.42. The maximum Gasteiger partial charge on any atom is 0.112 e. The minimum absolute atomic E-state index is 0.785. The molecule has 15 heavy (non-hydrogen) atoms. The fourth-order valence-electron chi connectivity index (χ4n) is 2.61. The molecule has 0 amide bonds. The minimum atomic E-state index is 0.785. The Labute approximate surface area is 90.9 Å². The minimum Gasteiger partial charge on any atom is -0.331 e. The van der Waals surface area contributed by atoms with Gasteiger partial charge in [-0.05, 0) is 39.2 Å². The van der Waals surface area contributed by atoms with Gasteiger partial charge in [-0.1, -0.05) is 0 Å². The van der Waals surface area contributed by atoms with Crippen molar-refractivity contribution in [2.45, 2.75) is 51.1 Å². The van der Waals surface area contributed by atoms with Gasteiger partial charge in [-0.25, -0.2) is 4.98 Å². The lowest BCUT2D eigenvalue weighted by molar-refractivity contribution is 0.512. The van der Waals surface area contributed by atoms with Gasteiger partial charge in [0.05, 0.1) is 5.69 Å². The molecule has 0 unspecified atom stereocenters. The summed E-state index contributed by atoms with van der Waals surface area (Å²) in [5.74, 6) is 2.17. The Kier molecular flexibility index (Phi) is 2.28. The fourth-order valence-corrected chi connectivity index (χ4v) is 2.61. The monoisotopic (exact) mass is 205 g/mol. The van der Waals surface area contributed by atoms with E-state index in [2.05, 4.69) is 9.88 Å². The molecule has 82 valence electrons. The third-order valence-corrected chi connectivity index (χ3v) is 3.52. The van der Waals surface area contributed by atoms with Crippen LogP contribution in [0.25, 0.3) is 0 Å². The number of fused-ring (bicyclic) bond motifs is 1. The van der Waals surface area contributed by atoms with Gasteiger partial charge >= 0.3 is 0 Å². The van der Waals surface area contributed by atoms with Gasteiger partial charge in [0.15, 0.2) is 0 Å². The molecule has 0 atom stereocenters. The highest BCUT2D eigenvalue weighted by Crippen LogP contribution is 2.41. The van der Waals surface area contributed by atoms with Crippen LogP contribution < -0.4 is 5.32 Å². The summed E-state index contributed by atoms with van der Waals surface area (Å²) in [6.07, 6.45) is 6.62. The Bertz CT molecular complexity index is 363. The first-order valence-electron chi connectivity index (χ1n) is 6.13. The van der Waals surface area contributed by atoms with E-state index in [4.69, 9.17) is 4.98 Å². The second kappa shape index (κ2) is 3.63. The van der Waals surface area contributed by atoms with Crippen molar-refractivity contribution < 1.29 is 0 Å². The van der Waals surface area contributed by atoms with Crippen molar-refractivity contribution in [3.05, 3.63) is 17.2 Å². The molecule has 2 heterocycles. The molecular weight excluding hydrogens is 186 g/mol. The van der Waals surface area contributed by atoms with Gasteiger partial charge < -0.3 is 9.88 Å². The highest BCUT2D eigenvalue weighted by molar-refractivity contribution is 5.23. The number of nitrogens with one attached hydrogen (secondary N) is 1. The number of hydrogen-bond acceptors (Lipinski definition) is 2. The SMILES string of the molecule is CNCc1nc(C2CC2)n2c1CCCC2. The van der Waals surface area contributed by atoms with Gasteiger partial charge in [-0.3, -0.25) is 0 Å². The van der Waals surface area contributed by atoms with Crippen LogP contribution in [-0.2, 0) is 19.5 Å². The van der Waals surface area contributed by atoms with Crippen molar-refractivity contribution >= 4 is 0 Å². The van der Waals surface area contributed by atoms with E-state index in [9.17, 15) is 0 Å². The number of hydrogen-bond donors (Lipinski definition) is 1. The Morgan fingerprint density at radius 1 is 1.40 bits per heavy atom. The Balaban J connectivity index is 2.00. The first-order valence-corrected chi connectivity index (χ1v) is 6.13. The van der Waals surface area contributed by atoms with Crippen LogP contribution in [0, 0.1) is 0 Å². The van der Waals surface area contributed by atoms with Crippen LogP contribution in [0.1, 0.15) is 48.8 Å². The Morgan fingerprint density at radius 3 is 3.00 bits per heavy atom. The van der Waals surface area contributed by atoms with Crippen molar-refractivity contribution in [3.63, 3.8) is 0 Å². The van der Waals surface area contributed by atoms with E-state index < -0.39 is 0 Å². The zero-order valence-corrected chi connectivity index (χ0v) is 9.42. The standard InChI is InChI=1S/C12H19N3/c1-13-8-10-11-4-2-3-7-15(11)12(14-10)9-5-6-9/h9,13H,2-8H2,1H3. The highest BCUT2D eigenvalue weighted by Gasteiger charge is 2.31. The fraction of sp³-hybridized carbons (Fsp3) is 0.750. The predicted octanol–water partition coefficient (Wildman–Crippen LogP) is 1.82. The molecule has 0 bridgehead atoms. The van der Waals surface area contributed by atoms with Crippen molar-refractivity contribution in [1.82, 2.24) is 14.9 Å². The average molecular weight is 205 g/mol. The second-order valence-corrected chi connectivity index (χ2v) is 4.78. The van der Waals surface area contributed by atoms with Crippen LogP contribution in [0.4, 0.5) is 0 Å². The molecule has 3 heteroatoms. The maximum atomic E-state index is 4.84. The smallest absolute Gasteiger partial charge is 0.112 e. The molecule has 0 saturated heterocycles. The molecular formula is C12H19N3. The molecule has 0 aromatic carbocycles. The van der Waals surface area contributed by atoms with E-state index in [-0.39, 0.29) is 0 Å². The number of imidazole rings is 1. The largest absolute Gasteiger partial charge is 0.331 e. The summed E-state index contributed by atoms with van der Waals surface area (Å²) in [4.78, 5) is 4.84. The first kappa shape index (κ1) is 9.40. The normalized spacial score (nSPS) is 20.3. The van der Waals surface area contributed by atoms with Crippen LogP contribution in [0.5, 0.6) is 0 Å². The molecule has 3 nitrogen and oxygen atoms in total. The molecule has 0 spiro atoms. The quantitative estimate of drug-likeness (QED) is 0.815. The van der Waals surface area contributed by atoms with Crippen LogP contribution in [-0.4, -0.2) is 16.6 Å². The number of aromatic nitrogens is 2. The van der Waals surface area contributed by atoms with Crippen molar-refractivity contribution in [1.29, 1.82) is 0 Å². The van der Waals surface area contributed by atoms with Crippen LogP contribution in [0.3, 0.4) is 0 Å². The predicted molar refractivity (Wildman–Crippen MR) is 59.9 cm³/mol. The van der Waals surface area contributed by atoms with Gasteiger partial charge in [0.2, 0.25) is 0 Å². The van der Waals surface area contributed by atoms with E-state index in [1.54, 1.807) is 0 Å². The topological polar surface area (TPSA) is 29.9 Å². The number of nitrogens with zero attached hydrogens (tertiary/aromatic N) is 2. The molecule has 1 N–H and O–H groups in total. The molecule has 1 aliphatic carbocycles. The lowest BCUT2D eigenvalue weighted by atomic mass is 10.1. The molecule has 0 radical (unpaired) electrons. The molecule has 1 aromatic heterocycles. The van der Waals surface area contributed by atoms with E-state index in [0.717, 1.165) is 12.5 Å². The molecule has 1 saturated carbocycles. The summed E-state index contributed by atoms with van der Waals surface area (Å²) in [7, 11) is 2.01. The molecule has 1 fully saturated rings. The zero-order chi connectivity index (χ0) is 10.3. The van der Waals surface area contributed by atoms with Crippen LogP contribution in [0.2, 0.25) is 0 Å². The van der Waals surface area contributed by atoms with Gasteiger partial charge in [-0.2, -0.15) is 0 Å². The maximum absolute atomic E-state index is 4.84. The first-order chi connectivity index (χ1) is 7.40. The number of rotatable bonds is 3. The summed E-state index contributed by atoms with van der Waals surface area (Å²) in [5.41, 5.74) is 2.82. The third kappa shape index (κ3) is 1.59. The van der Waals surface area contributed by atoms with E-state index >= 15 is 0 Å². The van der Waals surface area contributed by atoms with E-state index in [1.807, 2.05) is 7.05 Å². The van der Waals surface area contributed by atoms with Crippen molar-refractivity contribution in [2.24, 2.45) is 0 Å². The van der Waals surface area contributed by atoms with Gasteiger partial charge in [0.25, 0.3) is 0 Å². The summed E-state index contributed by atoms with van der Waals surface area (Å²) in [6, 6.07) is 0. The summed E-state index contributed by atoms with van der Waals surface area (Å²) < 4.78 is 2.51. The average Bonchev–Trinajstić information content (AvgIpc) is 3.04. The summed E-state index contributed by atoms with van der Waals surface area (Å²) in [5, 5.41) is 3.23. The third-order valence-electron chi connectivity index (χ3n) is 3.52. The van der Waals surface area contributed by atoms with E-state index in [0.29, 0.717) is 0 Å². The molecule has 3 rings (SSSR count). The lowest BCUT2D eigenvalue weighted by Gasteiger charge is -2.17. The highest BCUT2D eigenvalue weighted by atomic mass is 15.1. The van der Waals surface area contributed by atoms with Crippen molar-refractivity contribution in [3.8, 4) is 0 Å². The molecule has 2 aliphatic rings. The summed E-state index contributed by atoms with van der Waals surface area (Å²) in [6.45, 7) is 2.14. The Morgan fingerprint density at radius 2 is 2.27 bits per heavy atom. The second-order valence-electron chi connectivity index (χ2n) is 4.78. The van der Waals surface area contributed by atoms with Crippen LogP contribution >= 0.6 is 0 Å². The van der Waals surface area contributed by atoms with Crippen LogP contribution in [0.15, 0.2) is 0 Å².